The molecule has 7 heteroatoms. The summed E-state index contributed by atoms with van der Waals surface area (Å²) in [5.74, 6) is -0.0171. The molecule has 0 fully saturated rings. The van der Waals surface area contributed by atoms with E-state index in [1.165, 1.54) is 11.1 Å². The van der Waals surface area contributed by atoms with Crippen molar-refractivity contribution in [2.24, 2.45) is 14.1 Å². The van der Waals surface area contributed by atoms with E-state index in [9.17, 15) is 4.79 Å². The lowest BCUT2D eigenvalue weighted by Crippen LogP contribution is -2.37. The number of benzene rings is 1. The lowest BCUT2D eigenvalue weighted by molar-refractivity contribution is 0.0633. The molecule has 0 N–H and O–H groups in total. The van der Waals surface area contributed by atoms with Gasteiger partial charge in [-0.2, -0.15) is 10.2 Å². The normalized spacial score (nSPS) is 16.0. The Morgan fingerprint density at radius 3 is 2.66 bits per heavy atom. The van der Waals surface area contributed by atoms with Crippen LogP contribution in [0.5, 0.6) is 0 Å². The molecule has 2 heterocycles. The summed E-state index contributed by atoms with van der Waals surface area (Å²) in [5, 5.41) is 9.53. The van der Waals surface area contributed by atoms with Crippen molar-refractivity contribution in [3.05, 3.63) is 69.3 Å². The first-order chi connectivity index (χ1) is 13.9. The molecule has 0 unspecified atom stereocenters. The average Bonchev–Trinajstić information content (AvgIpc) is 3.15. The molecule has 1 amide bonds. The Bertz CT molecular complexity index is 1070. The number of rotatable bonds is 4. The van der Waals surface area contributed by atoms with Crippen molar-refractivity contribution in [1.82, 2.24) is 24.5 Å². The number of halogens is 1. The van der Waals surface area contributed by atoms with Crippen LogP contribution in [-0.2, 0) is 27.1 Å². The molecule has 0 radical (unpaired) electrons. The largest absolute Gasteiger partial charge is 0.325 e. The molecule has 1 aliphatic rings. The number of hydrogen-bond donors (Lipinski definition) is 0. The van der Waals surface area contributed by atoms with Gasteiger partial charge in [0, 0.05) is 26.0 Å². The fourth-order valence-corrected chi connectivity index (χ4v) is 4.62. The lowest BCUT2D eigenvalue weighted by Gasteiger charge is -2.36. The van der Waals surface area contributed by atoms with Crippen molar-refractivity contribution >= 4 is 17.5 Å². The minimum absolute atomic E-state index is 0.00970. The molecule has 0 saturated heterocycles. The molecule has 152 valence electrons. The third-order valence-corrected chi connectivity index (χ3v) is 6.19. The van der Waals surface area contributed by atoms with E-state index in [-0.39, 0.29) is 11.9 Å². The van der Waals surface area contributed by atoms with Gasteiger partial charge in [0.2, 0.25) is 0 Å². The van der Waals surface area contributed by atoms with Crippen LogP contribution in [0.4, 0.5) is 0 Å². The first-order valence-electron chi connectivity index (χ1n) is 9.93. The van der Waals surface area contributed by atoms with Crippen LogP contribution in [0.1, 0.15) is 57.5 Å². The Hall–Kier alpha value is -2.60. The molecule has 0 spiro atoms. The monoisotopic (exact) mass is 411 g/mol. The summed E-state index contributed by atoms with van der Waals surface area (Å²) in [6, 6.07) is 8.41. The minimum atomic E-state index is -0.0171. The number of carbonyl (C=O) groups is 1. The third kappa shape index (κ3) is 3.57. The first-order valence-corrected chi connectivity index (χ1v) is 10.3. The SMILES string of the molecule is Cc1nn(C)c(C)c1C(=O)N(Cc1nn(C)cc1Cl)[C@H]1CCCc2ccccc21. The van der Waals surface area contributed by atoms with E-state index in [1.807, 2.05) is 38.9 Å². The molecule has 2 aromatic heterocycles. The van der Waals surface area contributed by atoms with Crippen LogP contribution >= 0.6 is 11.6 Å². The fourth-order valence-electron chi connectivity index (χ4n) is 4.38. The summed E-state index contributed by atoms with van der Waals surface area (Å²) < 4.78 is 3.46. The second kappa shape index (κ2) is 7.67. The van der Waals surface area contributed by atoms with Crippen LogP contribution in [0.3, 0.4) is 0 Å². The highest BCUT2D eigenvalue weighted by Crippen LogP contribution is 2.37. The lowest BCUT2D eigenvalue weighted by atomic mass is 9.86. The van der Waals surface area contributed by atoms with Gasteiger partial charge in [-0.1, -0.05) is 35.9 Å². The topological polar surface area (TPSA) is 56.0 Å². The van der Waals surface area contributed by atoms with Gasteiger partial charge in [0.25, 0.3) is 5.91 Å². The molecular weight excluding hydrogens is 386 g/mol. The summed E-state index contributed by atoms with van der Waals surface area (Å²) in [5.41, 5.74) is 5.53. The van der Waals surface area contributed by atoms with E-state index in [0.717, 1.165) is 30.7 Å². The van der Waals surface area contributed by atoms with Gasteiger partial charge in [-0.05, 0) is 44.2 Å². The van der Waals surface area contributed by atoms with Gasteiger partial charge in [0.05, 0.1) is 28.9 Å². The van der Waals surface area contributed by atoms with Crippen LogP contribution in [0, 0.1) is 13.8 Å². The number of hydrogen-bond acceptors (Lipinski definition) is 3. The third-order valence-electron chi connectivity index (χ3n) is 5.87. The summed E-state index contributed by atoms with van der Waals surface area (Å²) in [6.45, 7) is 4.19. The predicted molar refractivity (Wildman–Crippen MR) is 113 cm³/mol. The number of nitrogens with zero attached hydrogens (tertiary/aromatic N) is 5. The maximum Gasteiger partial charge on any atom is 0.258 e. The zero-order valence-corrected chi connectivity index (χ0v) is 18.1. The van der Waals surface area contributed by atoms with E-state index in [1.54, 1.807) is 15.6 Å². The standard InChI is InChI=1S/C22H26ClN5O/c1-14-21(15(2)27(4)24-14)22(29)28(13-19-18(23)12-26(3)25-19)20-11-7-9-16-8-5-6-10-17(16)20/h5-6,8,10,12,20H,7,9,11,13H2,1-4H3/t20-/m0/s1. The van der Waals surface area contributed by atoms with Crippen LogP contribution in [-0.4, -0.2) is 30.4 Å². The second-order valence-electron chi connectivity index (χ2n) is 7.81. The molecule has 1 aliphatic carbocycles. The van der Waals surface area contributed by atoms with Crippen LogP contribution in [0.2, 0.25) is 5.02 Å². The van der Waals surface area contributed by atoms with E-state index in [4.69, 9.17) is 11.6 Å². The maximum absolute atomic E-state index is 13.8. The first kappa shape index (κ1) is 19.7. The summed E-state index contributed by atoms with van der Waals surface area (Å²) in [7, 11) is 3.71. The zero-order chi connectivity index (χ0) is 20.7. The number of carbonyl (C=O) groups excluding carboxylic acids is 1. The highest BCUT2D eigenvalue weighted by Gasteiger charge is 2.33. The summed E-state index contributed by atoms with van der Waals surface area (Å²) in [4.78, 5) is 15.8. The van der Waals surface area contributed by atoms with Crippen molar-refractivity contribution in [3.8, 4) is 0 Å². The van der Waals surface area contributed by atoms with Crippen molar-refractivity contribution in [1.29, 1.82) is 0 Å². The van der Waals surface area contributed by atoms with E-state index < -0.39 is 0 Å². The number of aromatic nitrogens is 4. The van der Waals surface area contributed by atoms with Gasteiger partial charge in [-0.3, -0.25) is 14.2 Å². The van der Waals surface area contributed by atoms with Gasteiger partial charge < -0.3 is 4.90 Å². The Kier molecular flexibility index (Phi) is 5.21. The highest BCUT2D eigenvalue weighted by atomic mass is 35.5. The quantitative estimate of drug-likeness (QED) is 0.648. The number of aryl methyl sites for hydroxylation is 4. The molecule has 3 aromatic rings. The summed E-state index contributed by atoms with van der Waals surface area (Å²) in [6.07, 6.45) is 4.79. The van der Waals surface area contributed by atoms with Gasteiger partial charge >= 0.3 is 0 Å². The van der Waals surface area contributed by atoms with Gasteiger partial charge in [0.15, 0.2) is 0 Å². The van der Waals surface area contributed by atoms with Gasteiger partial charge in [-0.15, -0.1) is 0 Å². The Labute approximate surface area is 176 Å². The Morgan fingerprint density at radius 2 is 2.00 bits per heavy atom. The van der Waals surface area contributed by atoms with Crippen LogP contribution in [0.15, 0.2) is 30.5 Å². The van der Waals surface area contributed by atoms with Crippen molar-refractivity contribution in [2.75, 3.05) is 0 Å². The molecule has 1 aromatic carbocycles. The molecule has 0 saturated carbocycles. The van der Waals surface area contributed by atoms with E-state index in [0.29, 0.717) is 22.8 Å². The predicted octanol–water partition coefficient (Wildman–Crippen LogP) is 4.14. The van der Waals surface area contributed by atoms with Gasteiger partial charge in [0.1, 0.15) is 5.69 Å². The number of fused-ring (bicyclic) bond motifs is 1. The Morgan fingerprint density at radius 1 is 1.24 bits per heavy atom. The maximum atomic E-state index is 13.8. The molecule has 29 heavy (non-hydrogen) atoms. The van der Waals surface area contributed by atoms with Crippen molar-refractivity contribution in [3.63, 3.8) is 0 Å². The average molecular weight is 412 g/mol. The molecular formula is C22H26ClN5O. The molecule has 0 bridgehead atoms. The molecule has 1 atom stereocenters. The van der Waals surface area contributed by atoms with Crippen molar-refractivity contribution < 1.29 is 4.79 Å². The second-order valence-corrected chi connectivity index (χ2v) is 8.21. The van der Waals surface area contributed by atoms with Gasteiger partial charge in [-0.25, -0.2) is 0 Å². The van der Waals surface area contributed by atoms with E-state index in [2.05, 4.69) is 28.4 Å². The minimum Gasteiger partial charge on any atom is -0.325 e. The number of amides is 1. The molecule has 0 aliphatic heterocycles. The fraction of sp³-hybridized carbons (Fsp3) is 0.409. The van der Waals surface area contributed by atoms with Crippen molar-refractivity contribution in [2.45, 2.75) is 45.7 Å². The van der Waals surface area contributed by atoms with E-state index >= 15 is 0 Å². The smallest absolute Gasteiger partial charge is 0.258 e. The summed E-state index contributed by atoms with van der Waals surface area (Å²) >= 11 is 6.41. The Balaban J connectivity index is 1.80. The highest BCUT2D eigenvalue weighted by molar-refractivity contribution is 6.31. The van der Waals surface area contributed by atoms with Crippen LogP contribution in [0.25, 0.3) is 0 Å². The zero-order valence-electron chi connectivity index (χ0n) is 17.3. The van der Waals surface area contributed by atoms with Crippen LogP contribution < -0.4 is 0 Å². The molecule has 6 nitrogen and oxygen atoms in total. The molecule has 4 rings (SSSR count).